The Bertz CT molecular complexity index is 1270. The number of aliphatic hydroxyl groups excluding tert-OH is 1. The molecule has 9 heteroatoms. The van der Waals surface area contributed by atoms with E-state index in [2.05, 4.69) is 16.8 Å². The van der Waals surface area contributed by atoms with Crippen molar-refractivity contribution >= 4 is 17.0 Å². The van der Waals surface area contributed by atoms with Crippen molar-refractivity contribution in [2.45, 2.75) is 70.9 Å². The van der Waals surface area contributed by atoms with Crippen molar-refractivity contribution in [3.8, 4) is 11.4 Å². The first-order valence-electron chi connectivity index (χ1n) is 12.5. The van der Waals surface area contributed by atoms with Gasteiger partial charge in [0.1, 0.15) is 18.0 Å². The lowest BCUT2D eigenvalue weighted by Crippen LogP contribution is -2.47. The maximum absolute atomic E-state index is 12.6. The maximum Gasteiger partial charge on any atom is 0.326 e. The molecule has 0 amide bonds. The number of aromatic nitrogens is 3. The minimum atomic E-state index is -0.881. The van der Waals surface area contributed by atoms with Crippen molar-refractivity contribution in [1.82, 2.24) is 19.4 Å². The monoisotopic (exact) mass is 496 g/mol. The molecule has 0 spiro atoms. The molecule has 194 valence electrons. The van der Waals surface area contributed by atoms with Gasteiger partial charge < -0.3 is 23.7 Å². The Morgan fingerprint density at radius 1 is 1.28 bits per heavy atom. The maximum atomic E-state index is 12.6. The van der Waals surface area contributed by atoms with E-state index in [1.165, 1.54) is 0 Å². The third-order valence-corrected chi connectivity index (χ3v) is 6.82. The first-order valence-corrected chi connectivity index (χ1v) is 12.5. The van der Waals surface area contributed by atoms with E-state index in [9.17, 15) is 14.7 Å². The van der Waals surface area contributed by atoms with Crippen LogP contribution in [0.15, 0.2) is 35.3 Å². The molecule has 1 aliphatic rings. The number of carbonyl (C=O) groups is 1. The summed E-state index contributed by atoms with van der Waals surface area (Å²) in [6, 6.07) is 6.99. The fraction of sp³-hybridized carbons (Fsp3) is 0.519. The summed E-state index contributed by atoms with van der Waals surface area (Å²) in [4.78, 5) is 29.7. The van der Waals surface area contributed by atoms with Crippen molar-refractivity contribution in [3.63, 3.8) is 0 Å². The smallest absolute Gasteiger partial charge is 0.326 e. The van der Waals surface area contributed by atoms with E-state index in [1.54, 1.807) is 38.8 Å². The van der Waals surface area contributed by atoms with Crippen LogP contribution in [0.25, 0.3) is 22.4 Å². The van der Waals surface area contributed by atoms with Gasteiger partial charge in [-0.2, -0.15) is 0 Å². The fourth-order valence-corrected chi connectivity index (χ4v) is 4.62. The molecule has 0 bridgehead atoms. The zero-order valence-electron chi connectivity index (χ0n) is 21.7. The zero-order valence-corrected chi connectivity index (χ0v) is 21.7. The van der Waals surface area contributed by atoms with Gasteiger partial charge in [-0.1, -0.05) is 6.07 Å². The minimum absolute atomic E-state index is 0.0154. The normalized spacial score (nSPS) is 16.5. The average Bonchev–Trinajstić information content (AvgIpc) is 3.18. The van der Waals surface area contributed by atoms with Gasteiger partial charge in [0, 0.05) is 38.0 Å². The van der Waals surface area contributed by atoms with Gasteiger partial charge in [-0.05, 0) is 63.8 Å². The molecular formula is C27H36N4O5. The van der Waals surface area contributed by atoms with Crippen molar-refractivity contribution in [1.29, 1.82) is 0 Å². The Kier molecular flexibility index (Phi) is 7.92. The summed E-state index contributed by atoms with van der Waals surface area (Å²) in [5.41, 5.74) is 4.14. The second-order valence-corrected chi connectivity index (χ2v) is 9.85. The fourth-order valence-electron chi connectivity index (χ4n) is 4.62. The summed E-state index contributed by atoms with van der Waals surface area (Å²) in [5, 5.41) is 13.4. The summed E-state index contributed by atoms with van der Waals surface area (Å²) in [6.45, 7) is 6.32. The van der Waals surface area contributed by atoms with Crippen molar-refractivity contribution in [2.24, 2.45) is 7.05 Å². The Labute approximate surface area is 211 Å². The van der Waals surface area contributed by atoms with Crippen LogP contribution in [0.4, 0.5) is 0 Å². The third kappa shape index (κ3) is 5.38. The van der Waals surface area contributed by atoms with E-state index >= 15 is 0 Å². The Morgan fingerprint density at radius 2 is 2.03 bits per heavy atom. The second kappa shape index (κ2) is 10.9. The molecule has 2 aromatic heterocycles. The van der Waals surface area contributed by atoms with E-state index in [0.29, 0.717) is 18.7 Å². The second-order valence-electron chi connectivity index (χ2n) is 9.85. The lowest BCUT2D eigenvalue weighted by atomic mass is 9.96. The summed E-state index contributed by atoms with van der Waals surface area (Å²) in [6.07, 6.45) is 3.73. The van der Waals surface area contributed by atoms with Gasteiger partial charge >= 0.3 is 5.97 Å². The number of nitrogens with zero attached hydrogens (tertiary/aromatic N) is 3. The largest absolute Gasteiger partial charge is 0.461 e. The van der Waals surface area contributed by atoms with Gasteiger partial charge in [0.05, 0.1) is 29.8 Å². The number of aliphatic hydroxyl groups is 1. The lowest BCUT2D eigenvalue weighted by Gasteiger charge is -2.28. The van der Waals surface area contributed by atoms with Crippen LogP contribution in [0.1, 0.15) is 50.3 Å². The van der Waals surface area contributed by atoms with Gasteiger partial charge in [-0.25, -0.2) is 4.98 Å². The minimum Gasteiger partial charge on any atom is -0.461 e. The molecule has 0 saturated heterocycles. The summed E-state index contributed by atoms with van der Waals surface area (Å²) in [7, 11) is 3.41. The molecule has 1 fully saturated rings. The molecular weight excluding hydrogens is 460 g/mol. The van der Waals surface area contributed by atoms with Gasteiger partial charge in [-0.15, -0.1) is 0 Å². The zero-order chi connectivity index (χ0) is 26.0. The van der Waals surface area contributed by atoms with Gasteiger partial charge in [0.15, 0.2) is 0 Å². The number of imidazole rings is 1. The van der Waals surface area contributed by atoms with Crippen LogP contribution in [-0.4, -0.2) is 57.2 Å². The number of esters is 1. The van der Waals surface area contributed by atoms with Crippen molar-refractivity contribution < 1.29 is 19.4 Å². The summed E-state index contributed by atoms with van der Waals surface area (Å²) >= 11 is 0. The van der Waals surface area contributed by atoms with Crippen LogP contribution in [0.5, 0.6) is 0 Å². The molecule has 0 radical (unpaired) electrons. The number of carbonyl (C=O) groups excluding carboxylic acids is 1. The summed E-state index contributed by atoms with van der Waals surface area (Å²) < 4.78 is 14.7. The molecule has 2 N–H and O–H groups in total. The highest BCUT2D eigenvalue weighted by molar-refractivity contribution is 5.82. The number of nitrogens with one attached hydrogen (secondary N) is 1. The van der Waals surface area contributed by atoms with Crippen molar-refractivity contribution in [2.75, 3.05) is 13.7 Å². The number of fused-ring (bicyclic) bond motifs is 1. The van der Waals surface area contributed by atoms with Crippen LogP contribution in [0, 0.1) is 6.92 Å². The van der Waals surface area contributed by atoms with Crippen LogP contribution < -0.4 is 10.9 Å². The van der Waals surface area contributed by atoms with E-state index in [-0.39, 0.29) is 17.7 Å². The third-order valence-electron chi connectivity index (χ3n) is 6.82. The highest BCUT2D eigenvalue weighted by Crippen LogP contribution is 2.29. The number of hydrogen-bond donors (Lipinski definition) is 2. The topological polar surface area (TPSA) is 108 Å². The van der Waals surface area contributed by atoms with Gasteiger partial charge in [0.2, 0.25) is 0 Å². The van der Waals surface area contributed by atoms with Crippen LogP contribution in [0.3, 0.4) is 0 Å². The molecule has 1 aliphatic carbocycles. The number of pyridine rings is 1. The predicted octanol–water partition coefficient (Wildman–Crippen LogP) is 2.85. The SMILES string of the molecule is COCC(C)n1c(-c2cc(C)c(=O)n(C)c2)nc2ccc(CN[C@H](C(=O)OC3CCC3)[C@@H](C)O)cc21. The van der Waals surface area contributed by atoms with E-state index in [0.717, 1.165) is 47.2 Å². The standard InChI is InChI=1S/C27H36N4O5/c1-16-11-20(14-30(4)26(16)33)25-29-22-10-9-19(12-23(22)31(25)17(2)15-35-5)13-28-24(18(3)32)27(34)36-21-7-6-8-21/h9-12,14,17-18,21,24,28,32H,6-8,13,15H2,1-5H3/t17?,18-,24+/m1/s1. The lowest BCUT2D eigenvalue weighted by molar-refractivity contribution is -0.158. The molecule has 1 aromatic carbocycles. The molecule has 3 aromatic rings. The first kappa shape index (κ1) is 26.1. The predicted molar refractivity (Wildman–Crippen MR) is 138 cm³/mol. The Morgan fingerprint density at radius 3 is 2.64 bits per heavy atom. The highest BCUT2D eigenvalue weighted by atomic mass is 16.5. The summed E-state index contributed by atoms with van der Waals surface area (Å²) in [5.74, 6) is 0.339. The highest BCUT2D eigenvalue weighted by Gasteiger charge is 2.29. The van der Waals surface area contributed by atoms with Crippen LogP contribution >= 0.6 is 0 Å². The van der Waals surface area contributed by atoms with E-state index in [4.69, 9.17) is 14.5 Å². The molecule has 3 atom stereocenters. The first-order chi connectivity index (χ1) is 17.2. The van der Waals surface area contributed by atoms with Crippen molar-refractivity contribution in [3.05, 3.63) is 51.9 Å². The molecule has 9 nitrogen and oxygen atoms in total. The molecule has 4 rings (SSSR count). The number of benzene rings is 1. The Balaban J connectivity index is 1.66. The molecule has 1 unspecified atom stereocenters. The van der Waals surface area contributed by atoms with E-state index < -0.39 is 18.1 Å². The van der Waals surface area contributed by atoms with Gasteiger partial charge in [-0.3, -0.25) is 14.9 Å². The Hall–Kier alpha value is -3.01. The molecule has 1 saturated carbocycles. The number of rotatable bonds is 10. The van der Waals surface area contributed by atoms with Crippen LogP contribution in [-0.2, 0) is 27.9 Å². The molecule has 2 heterocycles. The van der Waals surface area contributed by atoms with Gasteiger partial charge in [0.25, 0.3) is 5.56 Å². The number of ether oxygens (including phenoxy) is 2. The number of hydrogen-bond acceptors (Lipinski definition) is 7. The van der Waals surface area contributed by atoms with E-state index in [1.807, 2.05) is 24.3 Å². The number of aryl methyl sites for hydroxylation is 2. The molecule has 36 heavy (non-hydrogen) atoms. The average molecular weight is 497 g/mol. The molecule has 0 aliphatic heterocycles. The number of methoxy groups -OCH3 is 1. The van der Waals surface area contributed by atoms with Crippen LogP contribution in [0.2, 0.25) is 0 Å². The quantitative estimate of drug-likeness (QED) is 0.416.